The normalized spacial score (nSPS) is 11.5. The van der Waals surface area contributed by atoms with Crippen molar-refractivity contribution in [1.29, 1.82) is 0 Å². The summed E-state index contributed by atoms with van der Waals surface area (Å²) in [5, 5.41) is 5.57. The zero-order chi connectivity index (χ0) is 13.7. The summed E-state index contributed by atoms with van der Waals surface area (Å²) in [6.45, 7) is 3.07. The third kappa shape index (κ3) is 3.65. The minimum Gasteiger partial charge on any atom is -0.495 e. The molecule has 0 unspecified atom stereocenters. The van der Waals surface area contributed by atoms with Crippen molar-refractivity contribution >= 4 is 23.2 Å². The highest BCUT2D eigenvalue weighted by atomic mass is 16.5. The first kappa shape index (κ1) is 13.8. The molecule has 0 fully saturated rings. The second kappa shape index (κ2) is 5.90. The number of nitrogens with one attached hydrogen (secondary N) is 2. The first-order valence-corrected chi connectivity index (χ1v) is 5.45. The molecule has 1 aromatic carbocycles. The van der Waals surface area contributed by atoms with Crippen LogP contribution in [0, 0.1) is 0 Å². The van der Waals surface area contributed by atoms with Crippen LogP contribution in [0.2, 0.25) is 0 Å². The second-order valence-electron chi connectivity index (χ2n) is 3.86. The van der Waals surface area contributed by atoms with Gasteiger partial charge in [-0.3, -0.25) is 9.59 Å². The summed E-state index contributed by atoms with van der Waals surface area (Å²) < 4.78 is 5.16. The van der Waals surface area contributed by atoms with Gasteiger partial charge in [0, 0.05) is 12.6 Å². The third-order valence-corrected chi connectivity index (χ3v) is 2.32. The van der Waals surface area contributed by atoms with Crippen LogP contribution in [0.1, 0.15) is 13.8 Å². The number of carbonyl (C=O) groups is 2. The average Bonchev–Trinajstić information content (AvgIpc) is 2.28. The van der Waals surface area contributed by atoms with Crippen LogP contribution in [0.5, 0.6) is 5.75 Å². The summed E-state index contributed by atoms with van der Waals surface area (Å²) in [6.07, 6.45) is 0. The molecule has 0 heterocycles. The maximum atomic E-state index is 11.0. The monoisotopic (exact) mass is 251 g/mol. The molecule has 0 aromatic heterocycles. The lowest BCUT2D eigenvalue weighted by molar-refractivity contribution is -0.118. The Bertz CT molecular complexity index is 460. The summed E-state index contributed by atoms with van der Waals surface area (Å²) in [5.41, 5.74) is 6.39. The Hall–Kier alpha value is -2.24. The Labute approximate surface area is 105 Å². The fraction of sp³-hybridized carbons (Fsp3) is 0.333. The molecule has 6 nitrogen and oxygen atoms in total. The van der Waals surface area contributed by atoms with Gasteiger partial charge in [0.2, 0.25) is 11.8 Å². The molecule has 4 N–H and O–H groups in total. The van der Waals surface area contributed by atoms with E-state index in [0.717, 1.165) is 0 Å². The molecule has 0 saturated carbocycles. The van der Waals surface area contributed by atoms with E-state index in [1.54, 1.807) is 25.1 Å². The van der Waals surface area contributed by atoms with Gasteiger partial charge in [0.05, 0.1) is 12.8 Å². The number of ether oxygens (including phenoxy) is 1. The highest BCUT2D eigenvalue weighted by molar-refractivity contribution is 5.90. The number of carbonyl (C=O) groups excluding carboxylic acids is 2. The maximum Gasteiger partial charge on any atom is 0.239 e. The van der Waals surface area contributed by atoms with Crippen molar-refractivity contribution in [2.45, 2.75) is 19.9 Å². The number of methoxy groups -OCH3 is 1. The number of benzene rings is 1. The Kier molecular flexibility index (Phi) is 4.53. The first-order chi connectivity index (χ1) is 8.43. The van der Waals surface area contributed by atoms with Crippen molar-refractivity contribution < 1.29 is 14.3 Å². The van der Waals surface area contributed by atoms with Gasteiger partial charge in [0.25, 0.3) is 0 Å². The highest BCUT2D eigenvalue weighted by Crippen LogP contribution is 2.28. The Balaban J connectivity index is 2.98. The van der Waals surface area contributed by atoms with Gasteiger partial charge in [0.1, 0.15) is 11.8 Å². The van der Waals surface area contributed by atoms with Crippen LogP contribution >= 0.6 is 0 Å². The quantitative estimate of drug-likeness (QED) is 0.726. The summed E-state index contributed by atoms with van der Waals surface area (Å²) in [4.78, 5) is 22.0. The Morgan fingerprint density at radius 3 is 2.56 bits per heavy atom. The molecule has 0 radical (unpaired) electrons. The van der Waals surface area contributed by atoms with E-state index in [-0.39, 0.29) is 5.91 Å². The summed E-state index contributed by atoms with van der Waals surface area (Å²) in [5.74, 6) is -0.0757. The molecule has 6 heteroatoms. The molecule has 0 saturated heterocycles. The lowest BCUT2D eigenvalue weighted by atomic mass is 10.2. The van der Waals surface area contributed by atoms with Crippen LogP contribution in [0.15, 0.2) is 18.2 Å². The molecule has 0 spiro atoms. The standard InChI is InChI=1S/C12H17N3O3/c1-7(12(13)17)14-10-6-9(15-8(2)16)4-5-11(10)18-3/h4-7,14H,1-3H3,(H2,13,17)(H,15,16)/t7-/m1/s1. The van der Waals surface area contributed by atoms with Crippen LogP contribution < -0.4 is 21.1 Å². The first-order valence-electron chi connectivity index (χ1n) is 5.45. The van der Waals surface area contributed by atoms with Crippen LogP contribution in [0.25, 0.3) is 0 Å². The molecule has 1 atom stereocenters. The molecule has 1 aromatic rings. The average molecular weight is 251 g/mol. The molecular formula is C12H17N3O3. The fourth-order valence-electron chi connectivity index (χ4n) is 1.41. The van der Waals surface area contributed by atoms with Gasteiger partial charge >= 0.3 is 0 Å². The molecular weight excluding hydrogens is 234 g/mol. The number of hydrogen-bond donors (Lipinski definition) is 3. The van der Waals surface area contributed by atoms with Gasteiger partial charge in [-0.1, -0.05) is 0 Å². The number of nitrogens with two attached hydrogens (primary N) is 1. The van der Waals surface area contributed by atoms with E-state index < -0.39 is 11.9 Å². The molecule has 18 heavy (non-hydrogen) atoms. The van der Waals surface area contributed by atoms with E-state index in [1.807, 2.05) is 0 Å². The van der Waals surface area contributed by atoms with Crippen LogP contribution in [-0.2, 0) is 9.59 Å². The van der Waals surface area contributed by atoms with Crippen molar-refractivity contribution in [3.8, 4) is 5.75 Å². The number of anilines is 2. The smallest absolute Gasteiger partial charge is 0.239 e. The molecule has 98 valence electrons. The van der Waals surface area contributed by atoms with Gasteiger partial charge in [-0.2, -0.15) is 0 Å². The minimum atomic E-state index is -0.536. The SMILES string of the molecule is COc1ccc(NC(C)=O)cc1N[C@H](C)C(N)=O. The number of amides is 2. The van der Waals surface area contributed by atoms with Crippen LogP contribution in [0.3, 0.4) is 0 Å². The van der Waals surface area contributed by atoms with Crippen molar-refractivity contribution in [2.75, 3.05) is 17.7 Å². The predicted octanol–water partition coefficient (Wildman–Crippen LogP) is 0.939. The molecule has 2 amide bonds. The van der Waals surface area contributed by atoms with E-state index in [9.17, 15) is 9.59 Å². The number of hydrogen-bond acceptors (Lipinski definition) is 4. The Morgan fingerprint density at radius 1 is 1.39 bits per heavy atom. The molecule has 0 aliphatic heterocycles. The summed E-state index contributed by atoms with van der Waals surface area (Å²) in [7, 11) is 1.52. The van der Waals surface area contributed by atoms with Gasteiger partial charge in [0.15, 0.2) is 0 Å². The third-order valence-electron chi connectivity index (χ3n) is 2.32. The highest BCUT2D eigenvalue weighted by Gasteiger charge is 2.12. The predicted molar refractivity (Wildman–Crippen MR) is 69.6 cm³/mol. The zero-order valence-corrected chi connectivity index (χ0v) is 10.6. The second-order valence-corrected chi connectivity index (χ2v) is 3.86. The Morgan fingerprint density at radius 2 is 2.06 bits per heavy atom. The van der Waals surface area contributed by atoms with Crippen molar-refractivity contribution in [3.05, 3.63) is 18.2 Å². The lowest BCUT2D eigenvalue weighted by Crippen LogP contribution is -2.32. The zero-order valence-electron chi connectivity index (χ0n) is 10.6. The topological polar surface area (TPSA) is 93.4 Å². The summed E-state index contributed by atoms with van der Waals surface area (Å²) >= 11 is 0. The number of primary amides is 1. The fourth-order valence-corrected chi connectivity index (χ4v) is 1.41. The lowest BCUT2D eigenvalue weighted by Gasteiger charge is -2.16. The van der Waals surface area contributed by atoms with E-state index in [4.69, 9.17) is 10.5 Å². The van der Waals surface area contributed by atoms with Crippen LogP contribution in [0.4, 0.5) is 11.4 Å². The maximum absolute atomic E-state index is 11.0. The van der Waals surface area contributed by atoms with Crippen LogP contribution in [-0.4, -0.2) is 25.0 Å². The molecule has 1 rings (SSSR count). The largest absolute Gasteiger partial charge is 0.495 e. The van der Waals surface area contributed by atoms with Crippen molar-refractivity contribution in [2.24, 2.45) is 5.73 Å². The van der Waals surface area contributed by atoms with E-state index >= 15 is 0 Å². The van der Waals surface area contributed by atoms with Gasteiger partial charge in [-0.15, -0.1) is 0 Å². The summed E-state index contributed by atoms with van der Waals surface area (Å²) in [6, 6.07) is 4.55. The minimum absolute atomic E-state index is 0.172. The van der Waals surface area contributed by atoms with E-state index in [2.05, 4.69) is 10.6 Å². The number of rotatable bonds is 5. The van der Waals surface area contributed by atoms with Gasteiger partial charge in [-0.05, 0) is 25.1 Å². The molecule has 0 bridgehead atoms. The molecule has 0 aliphatic rings. The van der Waals surface area contributed by atoms with Gasteiger partial charge < -0.3 is 21.1 Å². The van der Waals surface area contributed by atoms with Crippen molar-refractivity contribution in [3.63, 3.8) is 0 Å². The molecule has 0 aliphatic carbocycles. The van der Waals surface area contributed by atoms with E-state index in [1.165, 1.54) is 14.0 Å². The van der Waals surface area contributed by atoms with Gasteiger partial charge in [-0.25, -0.2) is 0 Å². The van der Waals surface area contributed by atoms with E-state index in [0.29, 0.717) is 17.1 Å². The van der Waals surface area contributed by atoms with Crippen molar-refractivity contribution in [1.82, 2.24) is 0 Å².